The Morgan fingerprint density at radius 1 is 1.12 bits per heavy atom. The molecule has 3 heterocycles. The summed E-state index contributed by atoms with van der Waals surface area (Å²) in [5.41, 5.74) is 3.90. The van der Waals surface area contributed by atoms with Crippen LogP contribution >= 0.6 is 27.3 Å². The van der Waals surface area contributed by atoms with Crippen LogP contribution in [0.5, 0.6) is 0 Å². The van der Waals surface area contributed by atoms with E-state index in [2.05, 4.69) is 67.3 Å². The van der Waals surface area contributed by atoms with E-state index in [4.69, 9.17) is 0 Å². The molecule has 0 saturated heterocycles. The molecule has 12 heteroatoms. The number of fused-ring (bicyclic) bond motifs is 2. The topological polar surface area (TPSA) is 81.4 Å². The maximum Gasteiger partial charge on any atom is 0.413 e. The van der Waals surface area contributed by atoms with Crippen molar-refractivity contribution in [2.24, 2.45) is 5.41 Å². The number of nitrogens with one attached hydrogen (secondary N) is 1. The Morgan fingerprint density at radius 2 is 1.93 bits per heavy atom. The second-order valence-corrected chi connectivity index (χ2v) is 13.2. The van der Waals surface area contributed by atoms with Gasteiger partial charge < -0.3 is 5.32 Å². The molecule has 3 aromatic heterocycles. The van der Waals surface area contributed by atoms with Crippen molar-refractivity contribution in [2.45, 2.75) is 57.7 Å². The van der Waals surface area contributed by atoms with Gasteiger partial charge in [0.25, 0.3) is 0 Å². The minimum absolute atomic E-state index is 0.0103. The fourth-order valence-corrected chi connectivity index (χ4v) is 6.46. The molecule has 1 atom stereocenters. The number of aromatic nitrogens is 6. The van der Waals surface area contributed by atoms with E-state index in [-0.39, 0.29) is 24.2 Å². The first-order valence-corrected chi connectivity index (χ1v) is 14.6. The summed E-state index contributed by atoms with van der Waals surface area (Å²) in [6.07, 6.45) is -0.868. The molecule has 1 aliphatic carbocycles. The quantitative estimate of drug-likeness (QED) is 0.201. The molecule has 1 N–H and O–H groups in total. The van der Waals surface area contributed by atoms with Crippen molar-refractivity contribution in [2.75, 3.05) is 11.9 Å². The summed E-state index contributed by atoms with van der Waals surface area (Å²) in [7, 11) is 0. The summed E-state index contributed by atoms with van der Waals surface area (Å²) in [6, 6.07) is 9.91. The van der Waals surface area contributed by atoms with Crippen molar-refractivity contribution in [1.82, 2.24) is 29.9 Å². The highest BCUT2D eigenvalue weighted by Crippen LogP contribution is 2.55. The van der Waals surface area contributed by atoms with Gasteiger partial charge in [-0.3, -0.25) is 0 Å². The Hall–Kier alpha value is -3.12. The van der Waals surface area contributed by atoms with E-state index in [1.165, 1.54) is 23.9 Å². The molecule has 1 aliphatic rings. The van der Waals surface area contributed by atoms with Gasteiger partial charge in [0.1, 0.15) is 12.1 Å². The van der Waals surface area contributed by atoms with Crippen molar-refractivity contribution in [3.8, 4) is 0 Å². The first-order chi connectivity index (χ1) is 19.0. The van der Waals surface area contributed by atoms with Crippen molar-refractivity contribution >= 4 is 54.2 Å². The van der Waals surface area contributed by atoms with E-state index < -0.39 is 11.7 Å². The lowest BCUT2D eigenvalue weighted by atomic mass is 9.89. The Bertz CT molecular complexity index is 1700. The number of hydrogen-bond acceptors (Lipinski definition) is 7. The second kappa shape index (κ2) is 9.76. The van der Waals surface area contributed by atoms with Gasteiger partial charge in [-0.2, -0.15) is 13.2 Å². The molecular weight excluding hydrogens is 603 g/mol. The number of hydrogen-bond donors (Lipinski definition) is 1. The number of alkyl halides is 3. The zero-order valence-electron chi connectivity index (χ0n) is 22.1. The fraction of sp³-hybridized carbons (Fsp3) is 0.393. The molecule has 0 unspecified atom stereocenters. The number of nitrogens with zero attached hydrogens (tertiary/aromatic N) is 6. The second-order valence-electron chi connectivity index (χ2n) is 11.5. The van der Waals surface area contributed by atoms with Crippen LogP contribution in [0.1, 0.15) is 56.4 Å². The Balaban J connectivity index is 1.44. The van der Waals surface area contributed by atoms with Crippen LogP contribution in [0.4, 0.5) is 19.0 Å². The average Bonchev–Trinajstić information content (AvgIpc) is 3.34. The highest BCUT2D eigenvalue weighted by molar-refractivity contribution is 9.10. The van der Waals surface area contributed by atoms with Gasteiger partial charge in [0.15, 0.2) is 5.54 Å². The van der Waals surface area contributed by atoms with Gasteiger partial charge in [0.2, 0.25) is 0 Å². The number of anilines is 1. The van der Waals surface area contributed by atoms with Gasteiger partial charge >= 0.3 is 6.18 Å². The third-order valence-corrected chi connectivity index (χ3v) is 8.79. The van der Waals surface area contributed by atoms with E-state index in [0.29, 0.717) is 12.1 Å². The monoisotopic (exact) mass is 629 g/mol. The minimum Gasteiger partial charge on any atom is -0.369 e. The number of benzene rings is 2. The van der Waals surface area contributed by atoms with E-state index in [1.54, 1.807) is 5.51 Å². The van der Waals surface area contributed by atoms with Gasteiger partial charge in [0, 0.05) is 22.3 Å². The van der Waals surface area contributed by atoms with Gasteiger partial charge in [-0.15, -0.1) is 16.4 Å². The van der Waals surface area contributed by atoms with Crippen LogP contribution in [0.15, 0.2) is 52.8 Å². The van der Waals surface area contributed by atoms with E-state index in [1.807, 2.05) is 30.3 Å². The summed E-state index contributed by atoms with van der Waals surface area (Å²) in [5, 5.41) is 12.6. The molecular formula is C28H27BrF3N7S. The zero-order valence-corrected chi connectivity index (χ0v) is 24.5. The number of rotatable bonds is 7. The SMILES string of the molecule is CC(C)(C)CNc1ncnc2c(Br)cc(C[C@H](c3cn(C4(C(F)(F)F)CC4)nn3)c3cccc4ncsc34)cc12. The standard InChI is InChI=1S/C28H27BrF3N7S/c1-26(2,3)13-33-25-19-10-16(11-20(29)23(19)34-14-35-25)9-18(17-5-4-6-21-24(17)40-15-36-21)22-12-39(38-37-22)27(7-8-27)28(30,31)32/h4-6,10-12,14-15,18H,7-9,13H2,1-3H3,(H,33,34,35)/t18-/m0/s1. The zero-order chi connectivity index (χ0) is 28.3. The van der Waals surface area contributed by atoms with Crippen LogP contribution in [-0.2, 0) is 12.0 Å². The molecule has 40 heavy (non-hydrogen) atoms. The third kappa shape index (κ3) is 4.96. The van der Waals surface area contributed by atoms with Crippen molar-refractivity contribution in [3.05, 3.63) is 69.7 Å². The lowest BCUT2D eigenvalue weighted by molar-refractivity contribution is -0.182. The Labute approximate surface area is 241 Å². The summed E-state index contributed by atoms with van der Waals surface area (Å²) in [6.45, 7) is 7.16. The maximum absolute atomic E-state index is 13.9. The van der Waals surface area contributed by atoms with Crippen LogP contribution in [0.2, 0.25) is 0 Å². The smallest absolute Gasteiger partial charge is 0.369 e. The fourth-order valence-electron chi connectivity index (χ4n) is 4.99. The van der Waals surface area contributed by atoms with Crippen LogP contribution in [0.25, 0.3) is 21.1 Å². The molecule has 0 aliphatic heterocycles. The van der Waals surface area contributed by atoms with Crippen LogP contribution in [0.3, 0.4) is 0 Å². The number of thiazole rings is 1. The van der Waals surface area contributed by atoms with E-state index >= 15 is 0 Å². The van der Waals surface area contributed by atoms with Crippen LogP contribution in [0, 0.1) is 5.41 Å². The van der Waals surface area contributed by atoms with Crippen LogP contribution < -0.4 is 5.32 Å². The van der Waals surface area contributed by atoms with E-state index in [0.717, 1.165) is 53.8 Å². The average molecular weight is 631 g/mol. The molecule has 0 amide bonds. The molecule has 208 valence electrons. The molecule has 5 aromatic rings. The van der Waals surface area contributed by atoms with Crippen molar-refractivity contribution < 1.29 is 13.2 Å². The molecule has 2 aromatic carbocycles. The summed E-state index contributed by atoms with van der Waals surface area (Å²) >= 11 is 5.19. The first-order valence-electron chi connectivity index (χ1n) is 12.9. The lowest BCUT2D eigenvalue weighted by Gasteiger charge is -2.21. The summed E-state index contributed by atoms with van der Waals surface area (Å²) in [4.78, 5) is 13.4. The highest BCUT2D eigenvalue weighted by atomic mass is 79.9. The molecule has 1 fully saturated rings. The molecule has 1 saturated carbocycles. The molecule has 6 rings (SSSR count). The minimum atomic E-state index is -4.38. The Kier molecular flexibility index (Phi) is 6.60. The molecule has 0 bridgehead atoms. The van der Waals surface area contributed by atoms with Crippen molar-refractivity contribution in [1.29, 1.82) is 0 Å². The lowest BCUT2D eigenvalue weighted by Crippen LogP contribution is -2.35. The van der Waals surface area contributed by atoms with Crippen molar-refractivity contribution in [3.63, 3.8) is 0 Å². The maximum atomic E-state index is 13.9. The van der Waals surface area contributed by atoms with E-state index in [9.17, 15) is 13.2 Å². The highest BCUT2D eigenvalue weighted by Gasteiger charge is 2.66. The summed E-state index contributed by atoms with van der Waals surface area (Å²) < 4.78 is 44.4. The Morgan fingerprint density at radius 3 is 2.65 bits per heavy atom. The normalized spacial score (nSPS) is 16.0. The third-order valence-electron chi connectivity index (χ3n) is 7.30. The molecule has 0 radical (unpaired) electrons. The predicted molar refractivity (Wildman–Crippen MR) is 154 cm³/mol. The molecule has 0 spiro atoms. The largest absolute Gasteiger partial charge is 0.413 e. The molecule has 7 nitrogen and oxygen atoms in total. The first kappa shape index (κ1) is 27.1. The number of halogens is 4. The van der Waals surface area contributed by atoms with Gasteiger partial charge in [-0.05, 0) is 69.9 Å². The van der Waals surface area contributed by atoms with Crippen LogP contribution in [-0.4, -0.2) is 42.7 Å². The van der Waals surface area contributed by atoms with Gasteiger partial charge in [0.05, 0.1) is 33.1 Å². The predicted octanol–water partition coefficient (Wildman–Crippen LogP) is 7.48. The van der Waals surface area contributed by atoms with Gasteiger partial charge in [-0.25, -0.2) is 19.6 Å². The van der Waals surface area contributed by atoms with Gasteiger partial charge in [-0.1, -0.05) is 38.1 Å². The summed E-state index contributed by atoms with van der Waals surface area (Å²) in [5.74, 6) is 0.386.